The number of pyridine rings is 1. The van der Waals surface area contributed by atoms with Crippen LogP contribution < -0.4 is 4.74 Å². The molecule has 2 nitrogen and oxygen atoms in total. The number of hydrogen-bond donors (Lipinski definition) is 0. The van der Waals surface area contributed by atoms with Gasteiger partial charge in [0.25, 0.3) is 0 Å². The molecule has 0 aliphatic heterocycles. The average molecular weight is 313 g/mol. The largest absolute Gasteiger partial charge is 0.486 e. The maximum absolute atomic E-state index is 5.98. The van der Waals surface area contributed by atoms with E-state index in [0.29, 0.717) is 6.61 Å². The first-order chi connectivity index (χ1) is 11.8. The van der Waals surface area contributed by atoms with Crippen molar-refractivity contribution >= 4 is 0 Å². The average Bonchev–Trinajstić information content (AvgIpc) is 2.63. The Morgan fingerprint density at radius 3 is 2.62 bits per heavy atom. The molecule has 3 aromatic rings. The molecular weight excluding hydrogens is 294 g/mol. The number of hydrogen-bond acceptors (Lipinski definition) is 2. The smallest absolute Gasteiger partial charge is 0.153 e. The molecule has 0 saturated heterocycles. The van der Waals surface area contributed by atoms with Gasteiger partial charge in [0.05, 0.1) is 11.8 Å². The second kappa shape index (κ2) is 7.48. The molecular formula is C22H19NO. The van der Waals surface area contributed by atoms with Crippen LogP contribution in [0.1, 0.15) is 23.6 Å². The third-order valence-corrected chi connectivity index (χ3v) is 3.96. The fraction of sp³-hybridized carbons (Fsp3) is 0.136. The molecule has 0 aliphatic carbocycles. The fourth-order valence-electron chi connectivity index (χ4n) is 2.66. The molecule has 0 amide bonds. The molecule has 0 unspecified atom stereocenters. The van der Waals surface area contributed by atoms with Gasteiger partial charge in [-0.3, -0.25) is 4.98 Å². The summed E-state index contributed by atoms with van der Waals surface area (Å²) in [5, 5.41) is 0. The van der Waals surface area contributed by atoms with Crippen molar-refractivity contribution in [2.45, 2.75) is 20.5 Å². The van der Waals surface area contributed by atoms with Crippen molar-refractivity contribution in [3.8, 4) is 28.7 Å². The predicted octanol–water partition coefficient (Wildman–Crippen LogP) is 5.01. The maximum Gasteiger partial charge on any atom is 0.153 e. The second-order valence-electron chi connectivity index (χ2n) is 5.49. The first-order valence-electron chi connectivity index (χ1n) is 7.93. The van der Waals surface area contributed by atoms with Crippen LogP contribution in [0.4, 0.5) is 0 Å². The molecule has 0 aliphatic rings. The summed E-state index contributed by atoms with van der Waals surface area (Å²) in [5.41, 5.74) is 5.71. The highest BCUT2D eigenvalue weighted by atomic mass is 16.5. The molecule has 3 rings (SSSR count). The fourth-order valence-corrected chi connectivity index (χ4v) is 2.66. The van der Waals surface area contributed by atoms with E-state index >= 15 is 0 Å². The second-order valence-corrected chi connectivity index (χ2v) is 5.49. The SMILES string of the molecule is CC#Cc1ccncc1OCc1cccc(-c2ccccc2)c1C. The lowest BCUT2D eigenvalue weighted by Gasteiger charge is -2.13. The normalized spacial score (nSPS) is 9.92. The summed E-state index contributed by atoms with van der Waals surface area (Å²) in [6.45, 7) is 4.45. The molecule has 0 spiro atoms. The molecule has 1 heterocycles. The Balaban J connectivity index is 1.85. The minimum atomic E-state index is 0.497. The van der Waals surface area contributed by atoms with E-state index in [2.05, 4.69) is 66.2 Å². The third kappa shape index (κ3) is 3.47. The van der Waals surface area contributed by atoms with Crippen LogP contribution in [0, 0.1) is 18.8 Å². The van der Waals surface area contributed by atoms with E-state index in [4.69, 9.17) is 4.74 Å². The van der Waals surface area contributed by atoms with Gasteiger partial charge in [-0.25, -0.2) is 0 Å². The van der Waals surface area contributed by atoms with Crippen molar-refractivity contribution in [2.24, 2.45) is 0 Å². The summed E-state index contributed by atoms with van der Waals surface area (Å²) in [5.74, 6) is 6.67. The van der Waals surface area contributed by atoms with Gasteiger partial charge in [-0.2, -0.15) is 0 Å². The topological polar surface area (TPSA) is 22.1 Å². The van der Waals surface area contributed by atoms with Crippen LogP contribution in [0.2, 0.25) is 0 Å². The molecule has 1 aromatic heterocycles. The Labute approximate surface area is 143 Å². The molecule has 0 fully saturated rings. The summed E-state index contributed by atoms with van der Waals surface area (Å²) in [7, 11) is 0. The lowest BCUT2D eigenvalue weighted by atomic mass is 9.97. The Hall–Kier alpha value is -3.05. The van der Waals surface area contributed by atoms with E-state index in [9.17, 15) is 0 Å². The molecule has 0 atom stereocenters. The van der Waals surface area contributed by atoms with Crippen molar-refractivity contribution in [1.82, 2.24) is 4.98 Å². The standard InChI is InChI=1S/C22H19NO/c1-3-8-19-13-14-23-15-22(19)24-16-20-11-7-12-21(17(20)2)18-9-5-4-6-10-18/h4-7,9-15H,16H2,1-2H3. The van der Waals surface area contributed by atoms with Gasteiger partial charge >= 0.3 is 0 Å². The zero-order chi connectivity index (χ0) is 16.8. The minimum Gasteiger partial charge on any atom is -0.486 e. The van der Waals surface area contributed by atoms with E-state index in [-0.39, 0.29) is 0 Å². The predicted molar refractivity (Wildman–Crippen MR) is 97.7 cm³/mol. The van der Waals surface area contributed by atoms with E-state index in [1.54, 1.807) is 12.4 Å². The van der Waals surface area contributed by atoms with Gasteiger partial charge in [-0.1, -0.05) is 54.5 Å². The van der Waals surface area contributed by atoms with Gasteiger partial charge in [0.1, 0.15) is 6.61 Å². The minimum absolute atomic E-state index is 0.497. The molecule has 0 bridgehead atoms. The highest BCUT2D eigenvalue weighted by molar-refractivity contribution is 5.68. The summed E-state index contributed by atoms with van der Waals surface area (Å²) in [6, 6.07) is 18.6. The van der Waals surface area contributed by atoms with Crippen molar-refractivity contribution in [3.05, 3.63) is 83.7 Å². The van der Waals surface area contributed by atoms with Crippen LogP contribution >= 0.6 is 0 Å². The van der Waals surface area contributed by atoms with Crippen LogP contribution in [0.15, 0.2) is 67.0 Å². The van der Waals surface area contributed by atoms with Crippen LogP contribution in [0.5, 0.6) is 5.75 Å². The number of ether oxygens (including phenoxy) is 1. The number of nitrogens with zero attached hydrogens (tertiary/aromatic N) is 1. The van der Waals surface area contributed by atoms with Crippen LogP contribution in [0.3, 0.4) is 0 Å². The zero-order valence-corrected chi connectivity index (χ0v) is 13.9. The van der Waals surface area contributed by atoms with Gasteiger partial charge in [-0.05, 0) is 42.2 Å². The molecule has 0 N–H and O–H groups in total. The van der Waals surface area contributed by atoms with Gasteiger partial charge in [-0.15, -0.1) is 5.92 Å². The summed E-state index contributed by atoms with van der Waals surface area (Å²) in [4.78, 5) is 4.13. The van der Waals surface area contributed by atoms with Crippen molar-refractivity contribution in [1.29, 1.82) is 0 Å². The van der Waals surface area contributed by atoms with Crippen LogP contribution in [-0.4, -0.2) is 4.98 Å². The van der Waals surface area contributed by atoms with E-state index in [0.717, 1.165) is 16.9 Å². The summed E-state index contributed by atoms with van der Waals surface area (Å²) in [6.07, 6.45) is 3.45. The van der Waals surface area contributed by atoms with Gasteiger partial charge < -0.3 is 4.74 Å². The summed E-state index contributed by atoms with van der Waals surface area (Å²) < 4.78 is 5.98. The highest BCUT2D eigenvalue weighted by Crippen LogP contribution is 2.26. The van der Waals surface area contributed by atoms with Gasteiger partial charge in [0, 0.05) is 6.20 Å². The van der Waals surface area contributed by atoms with Gasteiger partial charge in [0.2, 0.25) is 0 Å². The lowest BCUT2D eigenvalue weighted by Crippen LogP contribution is -2.01. The Bertz CT molecular complexity index is 889. The number of aromatic nitrogens is 1. The first-order valence-corrected chi connectivity index (χ1v) is 7.93. The Morgan fingerprint density at radius 1 is 1.00 bits per heavy atom. The molecule has 2 aromatic carbocycles. The van der Waals surface area contributed by atoms with E-state index < -0.39 is 0 Å². The monoisotopic (exact) mass is 313 g/mol. The molecule has 2 heteroatoms. The number of rotatable bonds is 4. The Kier molecular flexibility index (Phi) is 4.93. The lowest BCUT2D eigenvalue weighted by molar-refractivity contribution is 0.303. The maximum atomic E-state index is 5.98. The summed E-state index contributed by atoms with van der Waals surface area (Å²) >= 11 is 0. The zero-order valence-electron chi connectivity index (χ0n) is 13.9. The quantitative estimate of drug-likeness (QED) is 0.632. The molecule has 0 radical (unpaired) electrons. The van der Waals surface area contributed by atoms with E-state index in [1.165, 1.54) is 16.7 Å². The highest BCUT2D eigenvalue weighted by Gasteiger charge is 2.08. The first kappa shape index (κ1) is 15.8. The molecule has 118 valence electrons. The van der Waals surface area contributed by atoms with Crippen LogP contribution in [0.25, 0.3) is 11.1 Å². The van der Waals surface area contributed by atoms with Crippen molar-refractivity contribution in [3.63, 3.8) is 0 Å². The molecule has 0 saturated carbocycles. The van der Waals surface area contributed by atoms with Crippen molar-refractivity contribution in [2.75, 3.05) is 0 Å². The third-order valence-electron chi connectivity index (χ3n) is 3.96. The van der Waals surface area contributed by atoms with E-state index in [1.807, 2.05) is 19.1 Å². The Morgan fingerprint density at radius 2 is 1.83 bits per heavy atom. The molecule has 24 heavy (non-hydrogen) atoms. The number of benzene rings is 2. The van der Waals surface area contributed by atoms with Crippen LogP contribution in [-0.2, 0) is 6.61 Å². The van der Waals surface area contributed by atoms with Crippen molar-refractivity contribution < 1.29 is 4.74 Å². The van der Waals surface area contributed by atoms with Gasteiger partial charge in [0.15, 0.2) is 5.75 Å².